The maximum atomic E-state index is 12.2. The van der Waals surface area contributed by atoms with Gasteiger partial charge in [-0.1, -0.05) is 31.0 Å². The van der Waals surface area contributed by atoms with Crippen LogP contribution in [0.3, 0.4) is 0 Å². The highest BCUT2D eigenvalue weighted by Gasteiger charge is 2.22. The number of nitrogens with zero attached hydrogens (tertiary/aromatic N) is 2. The first-order valence-corrected chi connectivity index (χ1v) is 10.1. The summed E-state index contributed by atoms with van der Waals surface area (Å²) in [5.41, 5.74) is 1.28. The van der Waals surface area contributed by atoms with E-state index in [1.807, 2.05) is 30.3 Å². The fourth-order valence-corrected chi connectivity index (χ4v) is 3.31. The number of rotatable bonds is 11. The average molecular weight is 412 g/mol. The second-order valence-corrected chi connectivity index (χ2v) is 7.20. The summed E-state index contributed by atoms with van der Waals surface area (Å²) in [5.74, 6) is 0.232. The molecule has 0 spiro atoms. The fraction of sp³-hybridized carbons (Fsp3) is 0.391. The first-order valence-electron chi connectivity index (χ1n) is 10.1. The third-order valence-electron chi connectivity index (χ3n) is 5.00. The standard InChI is InChI=1S/C23H28N2O5/c1-17-21(15-14-20(25(28)29)23(17)18(2)26)30-16-10-5-4-9-13-22(27)24(3)19-11-7-6-8-12-19/h6-8,11-12,14-15H,4-5,9-10,13,16H2,1-3H3. The van der Waals surface area contributed by atoms with Crippen LogP contribution in [0.5, 0.6) is 5.75 Å². The number of nitro groups is 1. The van der Waals surface area contributed by atoms with Crippen molar-refractivity contribution in [2.24, 2.45) is 0 Å². The van der Waals surface area contributed by atoms with Gasteiger partial charge in [-0.2, -0.15) is 0 Å². The van der Waals surface area contributed by atoms with Crippen molar-refractivity contribution in [3.8, 4) is 5.75 Å². The number of hydrogen-bond donors (Lipinski definition) is 0. The van der Waals surface area contributed by atoms with Crippen LogP contribution in [0.4, 0.5) is 11.4 Å². The molecular formula is C23H28N2O5. The van der Waals surface area contributed by atoms with E-state index in [4.69, 9.17) is 4.74 Å². The van der Waals surface area contributed by atoms with Crippen molar-refractivity contribution in [3.05, 3.63) is 63.7 Å². The van der Waals surface area contributed by atoms with E-state index in [1.165, 1.54) is 19.1 Å². The molecule has 0 aromatic heterocycles. The van der Waals surface area contributed by atoms with E-state index in [0.717, 1.165) is 31.4 Å². The number of anilines is 1. The van der Waals surface area contributed by atoms with Gasteiger partial charge in [0.2, 0.25) is 5.91 Å². The van der Waals surface area contributed by atoms with Crippen molar-refractivity contribution in [1.29, 1.82) is 0 Å². The summed E-state index contributed by atoms with van der Waals surface area (Å²) in [6.45, 7) is 3.43. The number of unbranched alkanes of at least 4 members (excludes halogenated alkanes) is 3. The molecule has 0 heterocycles. The summed E-state index contributed by atoms with van der Waals surface area (Å²) in [7, 11) is 1.79. The van der Waals surface area contributed by atoms with Gasteiger partial charge in [-0.25, -0.2) is 0 Å². The molecule has 0 aliphatic rings. The molecule has 0 aliphatic heterocycles. The molecule has 2 aromatic carbocycles. The third-order valence-corrected chi connectivity index (χ3v) is 5.00. The first kappa shape index (κ1) is 23.1. The Bertz CT molecular complexity index is 896. The highest BCUT2D eigenvalue weighted by atomic mass is 16.6. The van der Waals surface area contributed by atoms with E-state index in [0.29, 0.717) is 24.3 Å². The molecule has 0 saturated heterocycles. The van der Waals surface area contributed by atoms with E-state index in [-0.39, 0.29) is 22.9 Å². The first-order chi connectivity index (χ1) is 14.3. The van der Waals surface area contributed by atoms with Crippen molar-refractivity contribution >= 4 is 23.1 Å². The topological polar surface area (TPSA) is 89.7 Å². The maximum absolute atomic E-state index is 12.2. The fourth-order valence-electron chi connectivity index (χ4n) is 3.31. The van der Waals surface area contributed by atoms with Gasteiger partial charge < -0.3 is 9.64 Å². The number of carbonyl (C=O) groups excluding carboxylic acids is 2. The van der Waals surface area contributed by atoms with Gasteiger partial charge in [0, 0.05) is 30.8 Å². The molecule has 0 unspecified atom stereocenters. The Morgan fingerprint density at radius 3 is 2.33 bits per heavy atom. The van der Waals surface area contributed by atoms with Crippen LogP contribution < -0.4 is 9.64 Å². The number of benzene rings is 2. The van der Waals surface area contributed by atoms with Crippen LogP contribution in [0.1, 0.15) is 54.9 Å². The molecule has 0 saturated carbocycles. The van der Waals surface area contributed by atoms with E-state index in [9.17, 15) is 19.7 Å². The van der Waals surface area contributed by atoms with Gasteiger partial charge in [-0.15, -0.1) is 0 Å². The SMILES string of the molecule is CC(=O)c1c([N+](=O)[O-])ccc(OCCCCCCC(=O)N(C)c2ccccc2)c1C. The highest BCUT2D eigenvalue weighted by Crippen LogP contribution is 2.30. The lowest BCUT2D eigenvalue weighted by Crippen LogP contribution is -2.25. The predicted octanol–water partition coefficient (Wildman–Crippen LogP) is 5.10. The van der Waals surface area contributed by atoms with Crippen LogP contribution in [-0.4, -0.2) is 30.3 Å². The van der Waals surface area contributed by atoms with Crippen LogP contribution >= 0.6 is 0 Å². The monoisotopic (exact) mass is 412 g/mol. The number of nitro benzene ring substituents is 1. The number of para-hydroxylation sites is 1. The molecule has 2 aromatic rings. The minimum Gasteiger partial charge on any atom is -0.493 e. The number of ether oxygens (including phenoxy) is 1. The quantitative estimate of drug-likeness (QED) is 0.222. The summed E-state index contributed by atoms with van der Waals surface area (Å²) in [6.07, 6.45) is 3.93. The third kappa shape index (κ3) is 6.14. The van der Waals surface area contributed by atoms with Crippen molar-refractivity contribution < 1.29 is 19.2 Å². The molecule has 2 rings (SSSR count). The van der Waals surface area contributed by atoms with Crippen molar-refractivity contribution in [1.82, 2.24) is 0 Å². The molecule has 0 atom stereocenters. The van der Waals surface area contributed by atoms with E-state index >= 15 is 0 Å². The van der Waals surface area contributed by atoms with Crippen molar-refractivity contribution in [2.75, 3.05) is 18.6 Å². The lowest BCUT2D eigenvalue weighted by Gasteiger charge is -2.17. The molecule has 160 valence electrons. The smallest absolute Gasteiger partial charge is 0.280 e. The predicted molar refractivity (Wildman–Crippen MR) is 116 cm³/mol. The lowest BCUT2D eigenvalue weighted by atomic mass is 10.0. The van der Waals surface area contributed by atoms with Crippen LogP contribution in [0, 0.1) is 17.0 Å². The van der Waals surface area contributed by atoms with Gasteiger partial charge in [-0.3, -0.25) is 19.7 Å². The molecule has 0 radical (unpaired) electrons. The van der Waals surface area contributed by atoms with Crippen molar-refractivity contribution in [2.45, 2.75) is 46.0 Å². The number of amides is 1. The molecule has 0 fully saturated rings. The van der Waals surface area contributed by atoms with Crippen LogP contribution in [0.15, 0.2) is 42.5 Å². The second-order valence-electron chi connectivity index (χ2n) is 7.20. The Labute approximate surface area is 176 Å². The molecule has 7 heteroatoms. The summed E-state index contributed by atoms with van der Waals surface area (Å²) in [6, 6.07) is 12.4. The number of hydrogen-bond acceptors (Lipinski definition) is 5. The molecule has 0 N–H and O–H groups in total. The van der Waals surface area contributed by atoms with E-state index in [2.05, 4.69) is 0 Å². The number of carbonyl (C=O) groups is 2. The molecule has 7 nitrogen and oxygen atoms in total. The summed E-state index contributed by atoms with van der Waals surface area (Å²) >= 11 is 0. The van der Waals surface area contributed by atoms with E-state index in [1.54, 1.807) is 18.9 Å². The summed E-state index contributed by atoms with van der Waals surface area (Å²) in [4.78, 5) is 36.3. The Kier molecular flexibility index (Phi) is 8.53. The lowest BCUT2D eigenvalue weighted by molar-refractivity contribution is -0.385. The minimum atomic E-state index is -0.552. The zero-order valence-corrected chi connectivity index (χ0v) is 17.7. The van der Waals surface area contributed by atoms with Gasteiger partial charge in [0.15, 0.2) is 5.78 Å². The van der Waals surface area contributed by atoms with Gasteiger partial charge >= 0.3 is 0 Å². The second kappa shape index (κ2) is 11.1. The zero-order valence-electron chi connectivity index (χ0n) is 17.7. The van der Waals surface area contributed by atoms with Gasteiger partial charge in [0.25, 0.3) is 5.69 Å². The minimum absolute atomic E-state index is 0.0933. The summed E-state index contributed by atoms with van der Waals surface area (Å²) in [5, 5.41) is 11.1. The highest BCUT2D eigenvalue weighted by molar-refractivity contribution is 6.00. The maximum Gasteiger partial charge on any atom is 0.280 e. The molecule has 1 amide bonds. The van der Waals surface area contributed by atoms with E-state index < -0.39 is 4.92 Å². The van der Waals surface area contributed by atoms with Gasteiger partial charge in [0.05, 0.1) is 11.5 Å². The van der Waals surface area contributed by atoms with Crippen LogP contribution in [0.2, 0.25) is 0 Å². The Balaban J connectivity index is 1.73. The molecule has 0 aliphatic carbocycles. The number of ketones is 1. The largest absolute Gasteiger partial charge is 0.493 e. The Hall–Kier alpha value is -3.22. The Morgan fingerprint density at radius 2 is 1.70 bits per heavy atom. The van der Waals surface area contributed by atoms with Crippen LogP contribution in [-0.2, 0) is 4.79 Å². The average Bonchev–Trinajstić information content (AvgIpc) is 2.73. The van der Waals surface area contributed by atoms with Crippen LogP contribution in [0.25, 0.3) is 0 Å². The van der Waals surface area contributed by atoms with Gasteiger partial charge in [-0.05, 0) is 44.9 Å². The number of Topliss-reactive ketones (excluding diaryl/α,β-unsaturated/α-hetero) is 1. The molecule has 30 heavy (non-hydrogen) atoms. The Morgan fingerprint density at radius 1 is 1.03 bits per heavy atom. The van der Waals surface area contributed by atoms with Gasteiger partial charge in [0.1, 0.15) is 11.3 Å². The molecular weight excluding hydrogens is 384 g/mol. The molecule has 0 bridgehead atoms. The zero-order chi connectivity index (χ0) is 22.1. The summed E-state index contributed by atoms with van der Waals surface area (Å²) < 4.78 is 5.74. The van der Waals surface area contributed by atoms with Crippen molar-refractivity contribution in [3.63, 3.8) is 0 Å². The normalized spacial score (nSPS) is 10.5.